The Morgan fingerprint density at radius 2 is 2.06 bits per heavy atom. The van der Waals surface area contributed by atoms with Crippen molar-refractivity contribution < 1.29 is 9.53 Å². The topological polar surface area (TPSA) is 55.3 Å². The Balaban J connectivity index is 1.56. The maximum atomic E-state index is 12.4. The average Bonchev–Trinajstić information content (AvgIpc) is 3.09. The minimum absolute atomic E-state index is 0.0799. The Labute approximate surface area is 109 Å². The van der Waals surface area contributed by atoms with Crippen LogP contribution in [0.5, 0.6) is 0 Å². The van der Waals surface area contributed by atoms with Gasteiger partial charge in [0.2, 0.25) is 0 Å². The van der Waals surface area contributed by atoms with E-state index in [-0.39, 0.29) is 18.1 Å². The summed E-state index contributed by atoms with van der Waals surface area (Å²) in [7, 11) is 0. The Morgan fingerprint density at radius 1 is 1.39 bits per heavy atom. The van der Waals surface area contributed by atoms with Gasteiger partial charge in [-0.1, -0.05) is 16.6 Å². The highest BCUT2D eigenvalue weighted by Crippen LogP contribution is 2.43. The Kier molecular flexibility index (Phi) is 2.14. The molecule has 4 atom stereocenters. The first-order chi connectivity index (χ1) is 8.74. The molecule has 4 unspecified atom stereocenters. The second-order valence-electron chi connectivity index (χ2n) is 5.18. The number of hydrogen-bond acceptors (Lipinski definition) is 5. The monoisotopic (exact) mass is 263 g/mol. The first kappa shape index (κ1) is 10.6. The van der Waals surface area contributed by atoms with E-state index in [0.29, 0.717) is 16.7 Å². The van der Waals surface area contributed by atoms with Crippen molar-refractivity contribution in [3.05, 3.63) is 22.7 Å². The second-order valence-corrected chi connectivity index (χ2v) is 5.93. The van der Waals surface area contributed by atoms with Gasteiger partial charge in [0, 0.05) is 24.9 Å². The fourth-order valence-corrected chi connectivity index (χ4v) is 3.89. The fraction of sp³-hybridized carbons (Fsp3) is 0.583. The van der Waals surface area contributed by atoms with Crippen molar-refractivity contribution in [3.63, 3.8) is 0 Å². The summed E-state index contributed by atoms with van der Waals surface area (Å²) in [6, 6.07) is 0. The summed E-state index contributed by atoms with van der Waals surface area (Å²) >= 11 is 1.19. The summed E-state index contributed by atoms with van der Waals surface area (Å²) in [4.78, 5) is 15.0. The number of rotatable bonds is 1. The van der Waals surface area contributed by atoms with Gasteiger partial charge in [0.25, 0.3) is 5.91 Å². The number of ether oxygens (including phenoxy) is 1. The van der Waals surface area contributed by atoms with Crippen LogP contribution in [0.2, 0.25) is 0 Å². The molecule has 18 heavy (non-hydrogen) atoms. The first-order valence-corrected chi connectivity index (χ1v) is 6.93. The molecule has 6 heteroatoms. The van der Waals surface area contributed by atoms with E-state index in [2.05, 4.69) is 21.7 Å². The van der Waals surface area contributed by atoms with Gasteiger partial charge in [0.15, 0.2) is 0 Å². The Morgan fingerprint density at radius 3 is 2.61 bits per heavy atom. The van der Waals surface area contributed by atoms with Crippen LogP contribution in [-0.2, 0) is 4.74 Å². The molecule has 2 saturated heterocycles. The van der Waals surface area contributed by atoms with Crippen LogP contribution in [0.4, 0.5) is 0 Å². The summed E-state index contributed by atoms with van der Waals surface area (Å²) in [6.07, 6.45) is 4.72. The van der Waals surface area contributed by atoms with Crippen molar-refractivity contribution in [1.29, 1.82) is 0 Å². The van der Waals surface area contributed by atoms with Gasteiger partial charge in [0.05, 0.1) is 17.9 Å². The van der Waals surface area contributed by atoms with Crippen molar-refractivity contribution in [1.82, 2.24) is 14.5 Å². The molecule has 0 saturated carbocycles. The summed E-state index contributed by atoms with van der Waals surface area (Å²) in [6.45, 7) is 3.43. The highest BCUT2D eigenvalue weighted by Gasteiger charge is 2.51. The number of amides is 1. The lowest BCUT2D eigenvalue weighted by Crippen LogP contribution is -2.31. The third kappa shape index (κ3) is 1.33. The molecule has 94 valence electrons. The number of carbonyl (C=O) groups excluding carboxylic acids is 1. The van der Waals surface area contributed by atoms with Crippen molar-refractivity contribution in [2.75, 3.05) is 13.1 Å². The summed E-state index contributed by atoms with van der Waals surface area (Å²) < 4.78 is 9.65. The van der Waals surface area contributed by atoms with Crippen LogP contribution in [0, 0.1) is 18.8 Å². The zero-order chi connectivity index (χ0) is 12.3. The summed E-state index contributed by atoms with van der Waals surface area (Å²) in [5.41, 5.74) is 0.736. The quantitative estimate of drug-likeness (QED) is 0.706. The lowest BCUT2D eigenvalue weighted by atomic mass is 9.86. The molecule has 1 aromatic rings. The van der Waals surface area contributed by atoms with Gasteiger partial charge in [-0.3, -0.25) is 4.79 Å². The van der Waals surface area contributed by atoms with Crippen LogP contribution < -0.4 is 0 Å². The minimum atomic E-state index is 0.0799. The van der Waals surface area contributed by atoms with Crippen molar-refractivity contribution in [2.45, 2.75) is 19.1 Å². The summed E-state index contributed by atoms with van der Waals surface area (Å²) in [5.74, 6) is 1.03. The van der Waals surface area contributed by atoms with Gasteiger partial charge in [0.1, 0.15) is 4.88 Å². The summed E-state index contributed by atoms with van der Waals surface area (Å²) in [5, 5.41) is 3.91. The Bertz CT molecular complexity index is 521. The molecule has 0 spiro atoms. The van der Waals surface area contributed by atoms with Crippen LogP contribution in [0.25, 0.3) is 0 Å². The van der Waals surface area contributed by atoms with Gasteiger partial charge in [-0.25, -0.2) is 0 Å². The number of fused-ring (bicyclic) bond motifs is 5. The van der Waals surface area contributed by atoms with E-state index >= 15 is 0 Å². The number of carbonyl (C=O) groups is 1. The predicted molar refractivity (Wildman–Crippen MR) is 65.3 cm³/mol. The smallest absolute Gasteiger partial charge is 0.267 e. The van der Waals surface area contributed by atoms with Crippen LogP contribution in [0.15, 0.2) is 12.2 Å². The number of likely N-dealkylation sites (tertiary alicyclic amines) is 1. The molecule has 5 nitrogen and oxygen atoms in total. The Hall–Kier alpha value is -1.27. The minimum Gasteiger partial charge on any atom is -0.366 e. The highest BCUT2D eigenvalue weighted by molar-refractivity contribution is 7.07. The largest absolute Gasteiger partial charge is 0.366 e. The molecule has 4 heterocycles. The van der Waals surface area contributed by atoms with E-state index in [0.717, 1.165) is 18.8 Å². The molecule has 4 rings (SSSR count). The molecular formula is C12H13N3O2S. The molecule has 1 aromatic heterocycles. The maximum absolute atomic E-state index is 12.4. The van der Waals surface area contributed by atoms with Gasteiger partial charge >= 0.3 is 0 Å². The first-order valence-electron chi connectivity index (χ1n) is 6.16. The zero-order valence-corrected chi connectivity index (χ0v) is 10.8. The third-order valence-corrected chi connectivity index (χ3v) is 5.01. The van der Waals surface area contributed by atoms with E-state index in [1.807, 2.05) is 11.8 Å². The van der Waals surface area contributed by atoms with E-state index in [4.69, 9.17) is 4.74 Å². The lowest BCUT2D eigenvalue weighted by Gasteiger charge is -2.17. The van der Waals surface area contributed by atoms with Gasteiger partial charge in [-0.05, 0) is 18.5 Å². The number of nitrogens with zero attached hydrogens (tertiary/aromatic N) is 3. The second kappa shape index (κ2) is 3.61. The van der Waals surface area contributed by atoms with E-state index < -0.39 is 0 Å². The van der Waals surface area contributed by atoms with E-state index in [9.17, 15) is 4.79 Å². The number of aromatic nitrogens is 2. The zero-order valence-electron chi connectivity index (χ0n) is 9.94. The molecule has 2 bridgehead atoms. The van der Waals surface area contributed by atoms with Crippen LogP contribution in [-0.4, -0.2) is 45.7 Å². The third-order valence-electron chi connectivity index (χ3n) is 4.19. The molecule has 2 fully saturated rings. The van der Waals surface area contributed by atoms with E-state index in [1.54, 1.807) is 0 Å². The van der Waals surface area contributed by atoms with Crippen LogP contribution in [0.3, 0.4) is 0 Å². The van der Waals surface area contributed by atoms with Crippen molar-refractivity contribution in [2.24, 2.45) is 11.8 Å². The highest BCUT2D eigenvalue weighted by atomic mass is 32.1. The van der Waals surface area contributed by atoms with Gasteiger partial charge in [-0.15, -0.1) is 5.10 Å². The van der Waals surface area contributed by atoms with Gasteiger partial charge in [-0.2, -0.15) is 0 Å². The molecule has 3 aliphatic rings. The standard InChI is InChI=1S/C12H13N3O2S/c1-6-11(18-14-13-6)12(16)15-4-7-8(5-15)10-3-2-9(7)17-10/h2-3,7-10H,4-5H2,1H3. The normalized spacial score (nSPS) is 36.4. The molecule has 0 radical (unpaired) electrons. The number of aryl methyl sites for hydroxylation is 1. The molecule has 0 N–H and O–H groups in total. The average molecular weight is 263 g/mol. The molecule has 0 aromatic carbocycles. The van der Waals surface area contributed by atoms with Crippen LogP contribution in [0.1, 0.15) is 15.4 Å². The van der Waals surface area contributed by atoms with Crippen molar-refractivity contribution >= 4 is 17.4 Å². The lowest BCUT2D eigenvalue weighted by molar-refractivity contribution is 0.0658. The van der Waals surface area contributed by atoms with Gasteiger partial charge < -0.3 is 9.64 Å². The molecule has 0 aliphatic carbocycles. The number of hydrogen-bond donors (Lipinski definition) is 0. The fourth-order valence-electron chi connectivity index (χ4n) is 3.26. The molecule has 1 amide bonds. The molecule has 3 aliphatic heterocycles. The SMILES string of the molecule is Cc1nnsc1C(=O)N1CC2C3C=CC(O3)C2C1. The van der Waals surface area contributed by atoms with Crippen LogP contribution >= 0.6 is 11.5 Å². The maximum Gasteiger partial charge on any atom is 0.267 e. The van der Waals surface area contributed by atoms with Crippen molar-refractivity contribution in [3.8, 4) is 0 Å². The molecular weight excluding hydrogens is 250 g/mol. The predicted octanol–water partition coefficient (Wildman–Crippen LogP) is 0.872. The van der Waals surface area contributed by atoms with E-state index in [1.165, 1.54) is 11.5 Å².